The molecule has 0 atom stereocenters. The van der Waals surface area contributed by atoms with Crippen LogP contribution in [0.1, 0.15) is 0 Å². The van der Waals surface area contributed by atoms with Crippen LogP contribution in [0.5, 0.6) is 0 Å². The van der Waals surface area contributed by atoms with Crippen molar-refractivity contribution in [2.45, 2.75) is 0 Å². The molecular weight excluding hydrogens is 487 g/mol. The van der Waals surface area contributed by atoms with E-state index in [4.69, 9.17) is 8.83 Å². The van der Waals surface area contributed by atoms with Crippen molar-refractivity contribution in [3.63, 3.8) is 0 Å². The first-order valence-corrected chi connectivity index (χ1v) is 14.3. The molecule has 2 heterocycles. The van der Waals surface area contributed by atoms with Crippen molar-refractivity contribution in [2.75, 3.05) is 0 Å². The van der Waals surface area contributed by atoms with Gasteiger partial charge in [-0.05, 0) is 35.0 Å². The Morgan fingerprint density at radius 3 is 1.61 bits per heavy atom. The van der Waals surface area contributed by atoms with Crippen LogP contribution in [0.15, 0.2) is 136 Å². The topological polar surface area (TPSA) is 43.4 Å². The lowest BCUT2D eigenvalue weighted by Crippen LogP contribution is -2.25. The zero-order valence-electron chi connectivity index (χ0n) is 20.3. The van der Waals surface area contributed by atoms with E-state index in [0.717, 1.165) is 70.6 Å². The lowest BCUT2D eigenvalue weighted by Gasteiger charge is -2.22. The maximum absolute atomic E-state index is 15.4. The van der Waals surface area contributed by atoms with E-state index < -0.39 is 7.14 Å². The van der Waals surface area contributed by atoms with Gasteiger partial charge in [-0.15, -0.1) is 0 Å². The summed E-state index contributed by atoms with van der Waals surface area (Å²) in [5.74, 6) is 0. The highest BCUT2D eigenvalue weighted by Crippen LogP contribution is 2.48. The SMILES string of the molecule is O=P(c1ccccc1)(c1ccccc1)c1cc2oc3ccc4oc5ccccc5c4c3c2c2ccccc12. The molecule has 8 rings (SSSR count). The fourth-order valence-corrected chi connectivity index (χ4v) is 8.75. The molecule has 0 saturated carbocycles. The van der Waals surface area contributed by atoms with Gasteiger partial charge < -0.3 is 13.4 Å². The lowest BCUT2D eigenvalue weighted by molar-refractivity contribution is 0.592. The van der Waals surface area contributed by atoms with Gasteiger partial charge in [0, 0.05) is 37.5 Å². The Morgan fingerprint density at radius 2 is 0.921 bits per heavy atom. The molecule has 6 aromatic carbocycles. The molecule has 0 fully saturated rings. The first-order valence-electron chi connectivity index (χ1n) is 12.6. The van der Waals surface area contributed by atoms with Gasteiger partial charge in [-0.3, -0.25) is 0 Å². The van der Waals surface area contributed by atoms with Crippen LogP contribution in [-0.2, 0) is 4.57 Å². The van der Waals surface area contributed by atoms with Crippen molar-refractivity contribution in [1.82, 2.24) is 0 Å². The van der Waals surface area contributed by atoms with Gasteiger partial charge in [-0.2, -0.15) is 0 Å². The summed E-state index contributed by atoms with van der Waals surface area (Å²) in [6.07, 6.45) is 0. The molecule has 0 spiro atoms. The molecule has 0 amide bonds. The fourth-order valence-electron chi connectivity index (χ4n) is 5.88. The average Bonchev–Trinajstić information content (AvgIpc) is 3.55. The van der Waals surface area contributed by atoms with Crippen LogP contribution in [0.3, 0.4) is 0 Å². The summed E-state index contributed by atoms with van der Waals surface area (Å²) in [6, 6.07) is 41.9. The van der Waals surface area contributed by atoms with Crippen molar-refractivity contribution in [2.24, 2.45) is 0 Å². The molecule has 0 radical (unpaired) electrons. The van der Waals surface area contributed by atoms with Crippen LogP contribution in [0.25, 0.3) is 54.6 Å². The number of para-hydroxylation sites is 1. The monoisotopic (exact) mass is 508 g/mol. The van der Waals surface area contributed by atoms with Crippen LogP contribution in [0.2, 0.25) is 0 Å². The predicted molar refractivity (Wildman–Crippen MR) is 158 cm³/mol. The van der Waals surface area contributed by atoms with Gasteiger partial charge in [0.05, 0.1) is 0 Å². The summed E-state index contributed by atoms with van der Waals surface area (Å²) in [7, 11) is -3.22. The highest BCUT2D eigenvalue weighted by Gasteiger charge is 2.33. The van der Waals surface area contributed by atoms with Gasteiger partial charge in [0.15, 0.2) is 7.14 Å². The van der Waals surface area contributed by atoms with Crippen LogP contribution in [0, 0.1) is 0 Å². The van der Waals surface area contributed by atoms with Crippen molar-refractivity contribution < 1.29 is 13.4 Å². The van der Waals surface area contributed by atoms with Gasteiger partial charge in [-0.1, -0.05) is 103 Å². The standard InChI is InChI=1S/C34H21O3P/c35-38(22-11-3-1-4-12-22,23-13-5-2-6-14-23)31-21-30-32(25-16-8-7-15-24(25)31)34-29(37-30)20-19-28-33(34)26-17-9-10-18-27(26)36-28/h1-21H. The predicted octanol–water partition coefficient (Wildman–Crippen LogP) is 8.28. The molecule has 2 aromatic heterocycles. The molecule has 0 aliphatic carbocycles. The van der Waals surface area contributed by atoms with Crippen molar-refractivity contribution in [3.05, 3.63) is 127 Å². The number of benzene rings is 6. The highest BCUT2D eigenvalue weighted by atomic mass is 31.2. The number of rotatable bonds is 3. The minimum Gasteiger partial charge on any atom is -0.456 e. The van der Waals surface area contributed by atoms with Gasteiger partial charge in [-0.25, -0.2) is 0 Å². The minimum absolute atomic E-state index is 0.721. The second-order valence-electron chi connectivity index (χ2n) is 9.61. The number of hydrogen-bond acceptors (Lipinski definition) is 3. The second kappa shape index (κ2) is 7.95. The van der Waals surface area contributed by atoms with Crippen LogP contribution in [-0.4, -0.2) is 0 Å². The molecule has 8 aromatic rings. The molecule has 180 valence electrons. The molecule has 0 aliphatic heterocycles. The van der Waals surface area contributed by atoms with Crippen molar-refractivity contribution in [1.29, 1.82) is 0 Å². The van der Waals surface area contributed by atoms with Crippen molar-refractivity contribution >= 4 is 77.7 Å². The van der Waals surface area contributed by atoms with E-state index in [0.29, 0.717) is 0 Å². The third kappa shape index (κ3) is 2.88. The molecule has 0 unspecified atom stereocenters. The normalized spacial score (nSPS) is 12.3. The Morgan fingerprint density at radius 1 is 0.421 bits per heavy atom. The summed E-state index contributed by atoms with van der Waals surface area (Å²) >= 11 is 0. The van der Waals surface area contributed by atoms with Crippen molar-refractivity contribution in [3.8, 4) is 0 Å². The van der Waals surface area contributed by atoms with Crippen LogP contribution >= 0.6 is 7.14 Å². The second-order valence-corrected chi connectivity index (χ2v) is 12.3. The Labute approximate surface area is 218 Å². The Kier molecular flexibility index (Phi) is 4.50. The molecule has 3 nitrogen and oxygen atoms in total. The zero-order chi connectivity index (χ0) is 25.3. The highest BCUT2D eigenvalue weighted by molar-refractivity contribution is 7.85. The summed E-state index contributed by atoms with van der Waals surface area (Å²) in [4.78, 5) is 0. The van der Waals surface area contributed by atoms with Gasteiger partial charge in [0.1, 0.15) is 22.3 Å². The Balaban J connectivity index is 1.57. The largest absolute Gasteiger partial charge is 0.456 e. The summed E-state index contributed by atoms with van der Waals surface area (Å²) in [5, 5.41) is 8.51. The lowest BCUT2D eigenvalue weighted by atomic mass is 10.0. The third-order valence-electron chi connectivity index (χ3n) is 7.54. The van der Waals surface area contributed by atoms with E-state index >= 15 is 4.57 Å². The molecular formula is C34H21O3P. The first kappa shape index (κ1) is 21.5. The van der Waals surface area contributed by atoms with Gasteiger partial charge in [0.25, 0.3) is 0 Å². The van der Waals surface area contributed by atoms with E-state index in [-0.39, 0.29) is 0 Å². The zero-order valence-corrected chi connectivity index (χ0v) is 21.2. The molecule has 38 heavy (non-hydrogen) atoms. The van der Waals surface area contributed by atoms with Crippen LogP contribution in [0.4, 0.5) is 0 Å². The quantitative estimate of drug-likeness (QED) is 0.226. The average molecular weight is 509 g/mol. The molecule has 4 heteroatoms. The third-order valence-corrected chi connectivity index (χ3v) is 10.6. The Hall–Kier alpha value is -4.59. The van der Waals surface area contributed by atoms with Gasteiger partial charge >= 0.3 is 0 Å². The Bertz CT molecular complexity index is 2160. The summed E-state index contributed by atoms with van der Waals surface area (Å²) in [6.45, 7) is 0. The maximum Gasteiger partial charge on any atom is 0.171 e. The van der Waals surface area contributed by atoms with E-state index in [1.807, 2.05) is 109 Å². The number of hydrogen-bond donors (Lipinski definition) is 0. The number of fused-ring (bicyclic) bond motifs is 9. The number of furan rings is 2. The summed E-state index contributed by atoms with van der Waals surface area (Å²) < 4.78 is 28.1. The maximum atomic E-state index is 15.4. The van der Waals surface area contributed by atoms with Gasteiger partial charge in [0.2, 0.25) is 0 Å². The van der Waals surface area contributed by atoms with E-state index in [1.54, 1.807) is 0 Å². The molecule has 0 N–H and O–H groups in total. The van der Waals surface area contributed by atoms with Crippen LogP contribution < -0.4 is 15.9 Å². The molecule has 0 bridgehead atoms. The minimum atomic E-state index is -3.22. The summed E-state index contributed by atoms with van der Waals surface area (Å²) in [5.41, 5.74) is 3.19. The van der Waals surface area contributed by atoms with E-state index in [1.165, 1.54) is 0 Å². The molecule has 0 aliphatic rings. The van der Waals surface area contributed by atoms with E-state index in [9.17, 15) is 0 Å². The fraction of sp³-hybridized carbons (Fsp3) is 0. The first-order chi connectivity index (χ1) is 18.7. The molecule has 0 saturated heterocycles. The van der Waals surface area contributed by atoms with E-state index in [2.05, 4.69) is 18.2 Å². The smallest absolute Gasteiger partial charge is 0.171 e.